The van der Waals surface area contributed by atoms with Gasteiger partial charge in [-0.05, 0) is 87.9 Å². The van der Waals surface area contributed by atoms with Crippen LogP contribution in [-0.2, 0) is 11.0 Å². The Balaban J connectivity index is 1.33. The summed E-state index contributed by atoms with van der Waals surface area (Å²) < 4.78 is 71.6. The van der Waals surface area contributed by atoms with E-state index in [1.54, 1.807) is 0 Å². The SMILES string of the molecule is C/C=C/CCC1CCC(C2CCC3C(CCCC3C(=O)Oc3cc(F)c(C(F)(F)F)c(F)c3)C2)CC1. The summed E-state index contributed by atoms with van der Waals surface area (Å²) in [4.78, 5) is 13.0. The Morgan fingerprint density at radius 2 is 1.61 bits per heavy atom. The molecule has 0 spiro atoms. The Morgan fingerprint density at radius 3 is 2.25 bits per heavy atom. The van der Waals surface area contributed by atoms with Crippen LogP contribution in [0.2, 0.25) is 0 Å². The first-order valence-electron chi connectivity index (χ1n) is 13.6. The molecule has 0 aliphatic heterocycles. The fourth-order valence-electron chi connectivity index (χ4n) is 7.24. The average Bonchev–Trinajstić information content (AvgIpc) is 2.82. The highest BCUT2D eigenvalue weighted by molar-refractivity contribution is 5.75. The molecule has 7 heteroatoms. The maximum absolute atomic E-state index is 13.9. The zero-order chi connectivity index (χ0) is 25.9. The van der Waals surface area contributed by atoms with Crippen LogP contribution in [0.5, 0.6) is 5.75 Å². The van der Waals surface area contributed by atoms with Crippen LogP contribution in [0.25, 0.3) is 0 Å². The monoisotopic (exact) mass is 512 g/mol. The van der Waals surface area contributed by atoms with Crippen LogP contribution < -0.4 is 4.74 Å². The minimum Gasteiger partial charge on any atom is -0.426 e. The molecule has 4 atom stereocenters. The fourth-order valence-corrected chi connectivity index (χ4v) is 7.24. The van der Waals surface area contributed by atoms with Crippen LogP contribution >= 0.6 is 0 Å². The Kier molecular flexibility index (Phi) is 8.77. The number of hydrogen-bond acceptors (Lipinski definition) is 2. The third-order valence-corrected chi connectivity index (χ3v) is 9.04. The highest BCUT2D eigenvalue weighted by Crippen LogP contribution is 2.50. The molecule has 0 saturated heterocycles. The Labute approximate surface area is 210 Å². The van der Waals surface area contributed by atoms with Crippen molar-refractivity contribution in [1.29, 1.82) is 0 Å². The molecule has 2 nitrogen and oxygen atoms in total. The predicted octanol–water partition coefficient (Wildman–Crippen LogP) is 8.88. The summed E-state index contributed by atoms with van der Waals surface area (Å²) in [5.74, 6) is -2.12. The van der Waals surface area contributed by atoms with Gasteiger partial charge in [0.2, 0.25) is 0 Å². The van der Waals surface area contributed by atoms with Gasteiger partial charge in [-0.1, -0.05) is 37.8 Å². The maximum Gasteiger partial charge on any atom is 0.422 e. The van der Waals surface area contributed by atoms with Crippen molar-refractivity contribution in [3.8, 4) is 5.75 Å². The lowest BCUT2D eigenvalue weighted by Gasteiger charge is -2.46. The Hall–Kier alpha value is -1.92. The standard InChI is InChI=1S/C29H37F5O2/c1-2-3-4-6-18-9-11-19(12-10-18)20-13-14-23-21(15-20)7-5-8-24(23)28(35)36-22-16-25(30)27(26(31)17-22)29(32,33)34/h2-3,16-21,23-24H,4-15H2,1H3/b3-2+. The highest BCUT2D eigenvalue weighted by Gasteiger charge is 2.44. The molecule has 1 aromatic rings. The van der Waals surface area contributed by atoms with Gasteiger partial charge in [0.1, 0.15) is 22.9 Å². The van der Waals surface area contributed by atoms with Gasteiger partial charge in [-0.15, -0.1) is 0 Å². The van der Waals surface area contributed by atoms with E-state index >= 15 is 0 Å². The predicted molar refractivity (Wildman–Crippen MR) is 128 cm³/mol. The summed E-state index contributed by atoms with van der Waals surface area (Å²) in [6, 6.07) is 0.909. The van der Waals surface area contributed by atoms with Crippen molar-refractivity contribution >= 4 is 5.97 Å². The van der Waals surface area contributed by atoms with E-state index in [0.717, 1.165) is 43.9 Å². The number of carbonyl (C=O) groups excluding carboxylic acids is 1. The lowest BCUT2D eigenvalue weighted by atomic mass is 9.59. The average molecular weight is 513 g/mol. The molecule has 3 aliphatic rings. The number of halogens is 5. The number of ether oxygens (including phenoxy) is 1. The van der Waals surface area contributed by atoms with E-state index in [1.807, 2.05) is 0 Å². The van der Waals surface area contributed by atoms with Crippen molar-refractivity contribution in [1.82, 2.24) is 0 Å². The molecule has 0 heterocycles. The normalized spacial score (nSPS) is 31.3. The Bertz CT molecular complexity index is 909. The second kappa shape index (κ2) is 11.6. The van der Waals surface area contributed by atoms with Crippen LogP contribution in [0.3, 0.4) is 0 Å². The van der Waals surface area contributed by atoms with Crippen molar-refractivity contribution in [2.45, 2.75) is 90.1 Å². The number of hydrogen-bond donors (Lipinski definition) is 0. The molecule has 0 bridgehead atoms. The first kappa shape index (κ1) is 27.1. The molecule has 0 amide bonds. The molecule has 200 valence electrons. The highest BCUT2D eigenvalue weighted by atomic mass is 19.4. The van der Waals surface area contributed by atoms with Gasteiger partial charge in [0.25, 0.3) is 0 Å². The van der Waals surface area contributed by atoms with Crippen molar-refractivity contribution < 1.29 is 31.5 Å². The minimum atomic E-state index is -5.16. The van der Waals surface area contributed by atoms with Gasteiger partial charge in [0.15, 0.2) is 0 Å². The molecule has 0 N–H and O–H groups in total. The molecule has 3 saturated carbocycles. The molecule has 1 aromatic carbocycles. The zero-order valence-electron chi connectivity index (χ0n) is 21.0. The van der Waals surface area contributed by atoms with Gasteiger partial charge in [-0.3, -0.25) is 4.79 Å². The third kappa shape index (κ3) is 6.31. The smallest absolute Gasteiger partial charge is 0.422 e. The topological polar surface area (TPSA) is 26.3 Å². The number of fused-ring (bicyclic) bond motifs is 1. The molecule has 3 fully saturated rings. The molecule has 36 heavy (non-hydrogen) atoms. The van der Waals surface area contributed by atoms with E-state index in [1.165, 1.54) is 38.5 Å². The van der Waals surface area contributed by atoms with Crippen LogP contribution in [0, 0.1) is 47.1 Å². The van der Waals surface area contributed by atoms with Gasteiger partial charge in [-0.2, -0.15) is 13.2 Å². The van der Waals surface area contributed by atoms with E-state index < -0.39 is 35.1 Å². The van der Waals surface area contributed by atoms with Gasteiger partial charge in [0.05, 0.1) is 5.92 Å². The third-order valence-electron chi connectivity index (χ3n) is 9.04. The van der Waals surface area contributed by atoms with Crippen molar-refractivity contribution in [3.05, 3.63) is 41.5 Å². The number of allylic oxidation sites excluding steroid dienone is 2. The van der Waals surface area contributed by atoms with Crippen LogP contribution in [0.1, 0.15) is 89.5 Å². The molecular weight excluding hydrogens is 475 g/mol. The first-order valence-corrected chi connectivity index (χ1v) is 13.6. The second-order valence-corrected chi connectivity index (χ2v) is 11.1. The minimum absolute atomic E-state index is 0.170. The largest absolute Gasteiger partial charge is 0.426 e. The quantitative estimate of drug-likeness (QED) is 0.165. The lowest BCUT2D eigenvalue weighted by molar-refractivity contribution is -0.144. The van der Waals surface area contributed by atoms with Crippen LogP contribution in [0.4, 0.5) is 22.0 Å². The van der Waals surface area contributed by atoms with E-state index in [0.29, 0.717) is 30.4 Å². The Morgan fingerprint density at radius 1 is 0.944 bits per heavy atom. The molecule has 4 unspecified atom stereocenters. The van der Waals surface area contributed by atoms with Gasteiger partial charge in [-0.25, -0.2) is 8.78 Å². The molecular formula is C29H37F5O2. The molecule has 4 rings (SSSR count). The summed E-state index contributed by atoms with van der Waals surface area (Å²) in [6.07, 6.45) is 12.6. The number of alkyl halides is 3. The van der Waals surface area contributed by atoms with E-state index in [-0.39, 0.29) is 11.8 Å². The maximum atomic E-state index is 13.9. The summed E-state index contributed by atoms with van der Waals surface area (Å²) in [5.41, 5.74) is -1.97. The van der Waals surface area contributed by atoms with Crippen molar-refractivity contribution in [2.75, 3.05) is 0 Å². The van der Waals surface area contributed by atoms with Gasteiger partial charge in [0, 0.05) is 12.1 Å². The number of rotatable bonds is 6. The summed E-state index contributed by atoms with van der Waals surface area (Å²) in [6.45, 7) is 2.07. The van der Waals surface area contributed by atoms with Gasteiger partial charge >= 0.3 is 12.1 Å². The van der Waals surface area contributed by atoms with Crippen LogP contribution in [0.15, 0.2) is 24.3 Å². The zero-order valence-corrected chi connectivity index (χ0v) is 21.0. The van der Waals surface area contributed by atoms with E-state index in [2.05, 4.69) is 19.1 Å². The summed E-state index contributed by atoms with van der Waals surface area (Å²) in [5, 5.41) is 0. The fraction of sp³-hybridized carbons (Fsp3) is 0.690. The number of esters is 1. The van der Waals surface area contributed by atoms with Crippen LogP contribution in [-0.4, -0.2) is 5.97 Å². The van der Waals surface area contributed by atoms with Gasteiger partial charge < -0.3 is 4.74 Å². The van der Waals surface area contributed by atoms with E-state index in [4.69, 9.17) is 4.74 Å². The number of carbonyl (C=O) groups is 1. The summed E-state index contributed by atoms with van der Waals surface area (Å²) >= 11 is 0. The molecule has 3 aliphatic carbocycles. The molecule has 0 aromatic heterocycles. The van der Waals surface area contributed by atoms with E-state index in [9.17, 15) is 26.7 Å². The van der Waals surface area contributed by atoms with Crippen molar-refractivity contribution in [2.24, 2.45) is 35.5 Å². The lowest BCUT2D eigenvalue weighted by Crippen LogP contribution is -2.40. The molecule has 0 radical (unpaired) electrons. The van der Waals surface area contributed by atoms with Crippen molar-refractivity contribution in [3.63, 3.8) is 0 Å². The first-order chi connectivity index (χ1) is 17.2. The number of benzene rings is 1. The second-order valence-electron chi connectivity index (χ2n) is 11.1. The summed E-state index contributed by atoms with van der Waals surface area (Å²) in [7, 11) is 0.